The quantitative estimate of drug-likeness (QED) is 0.880. The Kier molecular flexibility index (Phi) is 4.93. The third kappa shape index (κ3) is 4.20. The maximum Gasteiger partial charge on any atom is 0.287 e. The van der Waals surface area contributed by atoms with Gasteiger partial charge in [0.1, 0.15) is 5.02 Å². The molecule has 0 bridgehead atoms. The number of halogens is 1. The molecule has 1 fully saturated rings. The SMILES string of the molecule is CC(C)Cn1ncc(NCC2CCS(=O)(=O)C2)c(Cl)c1=O. The van der Waals surface area contributed by atoms with Crippen molar-refractivity contribution in [2.75, 3.05) is 23.4 Å². The van der Waals surface area contributed by atoms with Crippen molar-refractivity contribution in [1.82, 2.24) is 9.78 Å². The Balaban J connectivity index is 2.05. The van der Waals surface area contributed by atoms with Crippen LogP contribution in [0.4, 0.5) is 5.69 Å². The average molecular weight is 334 g/mol. The molecule has 0 radical (unpaired) electrons. The molecule has 1 aromatic heterocycles. The van der Waals surface area contributed by atoms with E-state index in [2.05, 4.69) is 10.4 Å². The summed E-state index contributed by atoms with van der Waals surface area (Å²) in [7, 11) is -2.89. The van der Waals surface area contributed by atoms with Crippen LogP contribution in [0, 0.1) is 11.8 Å². The van der Waals surface area contributed by atoms with E-state index in [1.165, 1.54) is 10.9 Å². The van der Waals surface area contributed by atoms with Gasteiger partial charge < -0.3 is 5.32 Å². The van der Waals surface area contributed by atoms with E-state index in [1.807, 2.05) is 13.8 Å². The molecule has 1 atom stereocenters. The van der Waals surface area contributed by atoms with Gasteiger partial charge in [0.05, 0.1) is 23.4 Å². The molecule has 1 N–H and O–H groups in total. The van der Waals surface area contributed by atoms with Crippen molar-refractivity contribution in [2.45, 2.75) is 26.8 Å². The number of hydrogen-bond acceptors (Lipinski definition) is 5. The lowest BCUT2D eigenvalue weighted by Crippen LogP contribution is -2.27. The van der Waals surface area contributed by atoms with Crippen molar-refractivity contribution in [1.29, 1.82) is 0 Å². The summed E-state index contributed by atoms with van der Waals surface area (Å²) >= 11 is 6.07. The molecule has 1 saturated heterocycles. The second-order valence-electron chi connectivity index (χ2n) is 5.90. The lowest BCUT2D eigenvalue weighted by Gasteiger charge is -2.13. The minimum atomic E-state index is -2.89. The molecular formula is C13H20ClN3O3S. The van der Waals surface area contributed by atoms with Gasteiger partial charge in [-0.3, -0.25) is 4.79 Å². The molecule has 1 aromatic rings. The summed E-state index contributed by atoms with van der Waals surface area (Å²) in [5.74, 6) is 0.787. The van der Waals surface area contributed by atoms with Crippen molar-refractivity contribution >= 4 is 27.1 Å². The molecule has 0 saturated carbocycles. The largest absolute Gasteiger partial charge is 0.382 e. The second-order valence-corrected chi connectivity index (χ2v) is 8.51. The molecule has 0 aliphatic carbocycles. The van der Waals surface area contributed by atoms with Gasteiger partial charge in [0, 0.05) is 13.1 Å². The Hall–Kier alpha value is -1.08. The summed E-state index contributed by atoms with van der Waals surface area (Å²) in [6, 6.07) is 0. The first-order chi connectivity index (χ1) is 9.78. The van der Waals surface area contributed by atoms with E-state index in [9.17, 15) is 13.2 Å². The summed E-state index contributed by atoms with van der Waals surface area (Å²) in [5, 5.41) is 7.24. The van der Waals surface area contributed by atoms with Crippen LogP contribution in [0.25, 0.3) is 0 Å². The average Bonchev–Trinajstić information content (AvgIpc) is 2.73. The van der Waals surface area contributed by atoms with Gasteiger partial charge in [-0.2, -0.15) is 5.10 Å². The first kappa shape index (κ1) is 16.3. The smallest absolute Gasteiger partial charge is 0.287 e. The van der Waals surface area contributed by atoms with E-state index in [0.29, 0.717) is 31.1 Å². The Morgan fingerprint density at radius 2 is 2.24 bits per heavy atom. The van der Waals surface area contributed by atoms with Crippen molar-refractivity contribution in [3.8, 4) is 0 Å². The van der Waals surface area contributed by atoms with Crippen LogP contribution in [0.5, 0.6) is 0 Å². The van der Waals surface area contributed by atoms with E-state index in [1.54, 1.807) is 0 Å². The molecule has 118 valence electrons. The monoisotopic (exact) mass is 333 g/mol. The summed E-state index contributed by atoms with van der Waals surface area (Å²) in [5.41, 5.74) is 0.139. The number of nitrogens with one attached hydrogen (secondary N) is 1. The highest BCUT2D eigenvalue weighted by Crippen LogP contribution is 2.21. The minimum absolute atomic E-state index is 0.0594. The maximum absolute atomic E-state index is 12.1. The van der Waals surface area contributed by atoms with Crippen LogP contribution >= 0.6 is 11.6 Å². The van der Waals surface area contributed by atoms with Crippen LogP contribution in [0.3, 0.4) is 0 Å². The van der Waals surface area contributed by atoms with Crippen molar-refractivity contribution < 1.29 is 8.42 Å². The van der Waals surface area contributed by atoms with Crippen molar-refractivity contribution in [2.24, 2.45) is 11.8 Å². The predicted octanol–water partition coefficient (Wildman–Crippen LogP) is 1.40. The minimum Gasteiger partial charge on any atom is -0.382 e. The van der Waals surface area contributed by atoms with E-state index < -0.39 is 9.84 Å². The summed E-state index contributed by atoms with van der Waals surface area (Å²) in [6.07, 6.45) is 2.17. The molecule has 21 heavy (non-hydrogen) atoms. The number of nitrogens with zero attached hydrogens (tertiary/aromatic N) is 2. The Labute approximate surface area is 129 Å². The van der Waals surface area contributed by atoms with Gasteiger partial charge >= 0.3 is 0 Å². The molecule has 1 aliphatic rings. The molecule has 2 rings (SSSR count). The zero-order valence-corrected chi connectivity index (χ0v) is 13.7. The number of hydrogen-bond donors (Lipinski definition) is 1. The molecule has 1 aliphatic heterocycles. The molecule has 0 amide bonds. The first-order valence-corrected chi connectivity index (χ1v) is 9.18. The highest BCUT2D eigenvalue weighted by Gasteiger charge is 2.27. The zero-order valence-electron chi connectivity index (χ0n) is 12.2. The molecule has 1 unspecified atom stereocenters. The fourth-order valence-electron chi connectivity index (χ4n) is 2.35. The zero-order chi connectivity index (χ0) is 15.6. The Morgan fingerprint density at radius 3 is 2.81 bits per heavy atom. The molecule has 2 heterocycles. The molecular weight excluding hydrogens is 314 g/mol. The summed E-state index contributed by atoms with van der Waals surface area (Å²) < 4.78 is 24.1. The highest BCUT2D eigenvalue weighted by molar-refractivity contribution is 7.91. The fraction of sp³-hybridized carbons (Fsp3) is 0.692. The maximum atomic E-state index is 12.1. The van der Waals surface area contributed by atoms with Crippen molar-refractivity contribution in [3.63, 3.8) is 0 Å². The number of sulfone groups is 1. The normalized spacial score (nSPS) is 20.9. The van der Waals surface area contributed by atoms with Crippen molar-refractivity contribution in [3.05, 3.63) is 21.6 Å². The first-order valence-electron chi connectivity index (χ1n) is 6.98. The molecule has 0 spiro atoms. The van der Waals surface area contributed by atoms with Crippen LogP contribution in [0.2, 0.25) is 5.02 Å². The number of aromatic nitrogens is 2. The van der Waals surface area contributed by atoms with Gasteiger partial charge in [0.2, 0.25) is 0 Å². The van der Waals surface area contributed by atoms with E-state index in [-0.39, 0.29) is 28.0 Å². The third-order valence-corrected chi connectivity index (χ3v) is 5.63. The standard InChI is InChI=1S/C13H20ClN3O3S/c1-9(2)7-17-13(18)12(14)11(6-16-17)15-5-10-3-4-21(19,20)8-10/h6,9-10,15H,3-5,7-8H2,1-2H3. The Bertz CT molecular complexity index is 670. The van der Waals surface area contributed by atoms with Gasteiger partial charge in [-0.15, -0.1) is 0 Å². The van der Waals surface area contributed by atoms with Crippen LogP contribution < -0.4 is 10.9 Å². The van der Waals surface area contributed by atoms with E-state index in [4.69, 9.17) is 11.6 Å². The Morgan fingerprint density at radius 1 is 1.52 bits per heavy atom. The predicted molar refractivity (Wildman–Crippen MR) is 83.6 cm³/mol. The van der Waals surface area contributed by atoms with Gasteiger partial charge in [-0.1, -0.05) is 25.4 Å². The van der Waals surface area contributed by atoms with Crippen LogP contribution in [-0.2, 0) is 16.4 Å². The molecule has 8 heteroatoms. The van der Waals surface area contributed by atoms with Gasteiger partial charge in [-0.25, -0.2) is 13.1 Å². The lowest BCUT2D eigenvalue weighted by atomic mass is 10.1. The van der Waals surface area contributed by atoms with E-state index >= 15 is 0 Å². The van der Waals surface area contributed by atoms with Gasteiger partial charge in [0.15, 0.2) is 9.84 Å². The summed E-state index contributed by atoms with van der Waals surface area (Å²) in [4.78, 5) is 12.1. The van der Waals surface area contributed by atoms with Crippen LogP contribution in [0.15, 0.2) is 11.0 Å². The van der Waals surface area contributed by atoms with Gasteiger partial charge in [0.25, 0.3) is 5.56 Å². The number of anilines is 1. The molecule has 0 aromatic carbocycles. The third-order valence-electron chi connectivity index (χ3n) is 3.43. The fourth-order valence-corrected chi connectivity index (χ4v) is 4.43. The summed E-state index contributed by atoms with van der Waals surface area (Å²) in [6.45, 7) is 4.98. The van der Waals surface area contributed by atoms with Crippen LogP contribution in [-0.4, -0.2) is 36.2 Å². The molecule has 6 nitrogen and oxygen atoms in total. The highest BCUT2D eigenvalue weighted by atomic mass is 35.5. The van der Waals surface area contributed by atoms with Gasteiger partial charge in [-0.05, 0) is 18.3 Å². The second kappa shape index (κ2) is 6.36. The van der Waals surface area contributed by atoms with Crippen LogP contribution in [0.1, 0.15) is 20.3 Å². The lowest BCUT2D eigenvalue weighted by molar-refractivity contribution is 0.464. The topological polar surface area (TPSA) is 81.1 Å². The van der Waals surface area contributed by atoms with E-state index in [0.717, 1.165) is 0 Å². The number of rotatable bonds is 5.